The van der Waals surface area contributed by atoms with Gasteiger partial charge in [0.25, 0.3) is 5.91 Å². The summed E-state index contributed by atoms with van der Waals surface area (Å²) in [5.74, 6) is -0.115. The van der Waals surface area contributed by atoms with Gasteiger partial charge in [0.2, 0.25) is 0 Å². The standard InChI is InChI=1S/C23H19Cl2N5O3/c24-16-8-13(11-26)9-17(25)20(16)27-22(32)28-6-7-29-19(12-28)21(31)30(23(29)33)18-10-15(18)14-4-2-1-3-5-14/h1-5,8-9,15,18-19H,6-7,10,12H2,(H,27,32). The number of amides is 5. The number of halogens is 2. The van der Waals surface area contributed by atoms with Gasteiger partial charge in [-0.3, -0.25) is 9.69 Å². The molecule has 0 radical (unpaired) electrons. The normalized spacial score (nSPS) is 23.9. The molecule has 0 aromatic heterocycles. The van der Waals surface area contributed by atoms with E-state index in [0.717, 1.165) is 12.0 Å². The number of piperazine rings is 1. The molecule has 1 N–H and O–H groups in total. The summed E-state index contributed by atoms with van der Waals surface area (Å²) in [6.07, 6.45) is 0.752. The summed E-state index contributed by atoms with van der Waals surface area (Å²) >= 11 is 12.3. The molecule has 10 heteroatoms. The zero-order chi connectivity index (χ0) is 23.3. The third kappa shape index (κ3) is 3.77. The molecule has 8 nitrogen and oxygen atoms in total. The SMILES string of the molecule is N#Cc1cc(Cl)c(NC(=O)N2CCN3C(=O)N(C4CC4c4ccccc4)C(=O)C3C2)c(Cl)c1. The minimum atomic E-state index is -0.707. The second kappa shape index (κ2) is 8.25. The van der Waals surface area contributed by atoms with Gasteiger partial charge in [0.15, 0.2) is 0 Å². The largest absolute Gasteiger partial charge is 0.327 e. The minimum Gasteiger partial charge on any atom is -0.320 e. The number of imide groups is 1. The molecule has 3 fully saturated rings. The van der Waals surface area contributed by atoms with Gasteiger partial charge in [-0.05, 0) is 24.1 Å². The summed E-state index contributed by atoms with van der Waals surface area (Å²) < 4.78 is 0. The Morgan fingerprint density at radius 1 is 1.09 bits per heavy atom. The molecule has 2 aliphatic heterocycles. The molecular weight excluding hydrogens is 465 g/mol. The van der Waals surface area contributed by atoms with Crippen LogP contribution < -0.4 is 5.32 Å². The van der Waals surface area contributed by atoms with E-state index in [1.165, 1.54) is 21.9 Å². The van der Waals surface area contributed by atoms with Crippen molar-refractivity contribution in [1.29, 1.82) is 5.26 Å². The average molecular weight is 484 g/mol. The quantitative estimate of drug-likeness (QED) is 0.669. The zero-order valence-corrected chi connectivity index (χ0v) is 18.9. The van der Waals surface area contributed by atoms with Crippen molar-refractivity contribution in [3.8, 4) is 6.07 Å². The van der Waals surface area contributed by atoms with Gasteiger partial charge in [-0.2, -0.15) is 5.26 Å². The van der Waals surface area contributed by atoms with Gasteiger partial charge in [-0.25, -0.2) is 9.59 Å². The van der Waals surface area contributed by atoms with E-state index in [1.54, 1.807) is 4.90 Å². The van der Waals surface area contributed by atoms with Crippen LogP contribution in [0.25, 0.3) is 0 Å². The summed E-state index contributed by atoms with van der Waals surface area (Å²) in [6, 6.07) is 13.0. The Hall–Kier alpha value is -3.28. The Morgan fingerprint density at radius 3 is 2.45 bits per heavy atom. The van der Waals surface area contributed by atoms with Gasteiger partial charge in [0, 0.05) is 25.0 Å². The van der Waals surface area contributed by atoms with Crippen molar-refractivity contribution in [2.24, 2.45) is 0 Å². The van der Waals surface area contributed by atoms with Crippen LogP contribution >= 0.6 is 23.2 Å². The third-order valence-electron chi connectivity index (χ3n) is 6.36. The Balaban J connectivity index is 1.28. The van der Waals surface area contributed by atoms with Crippen LogP contribution in [-0.2, 0) is 4.79 Å². The Bertz CT molecular complexity index is 1180. The molecule has 3 unspecified atom stereocenters. The van der Waals surface area contributed by atoms with Gasteiger partial charge in [-0.1, -0.05) is 53.5 Å². The van der Waals surface area contributed by atoms with E-state index < -0.39 is 12.1 Å². The third-order valence-corrected chi connectivity index (χ3v) is 6.96. The maximum atomic E-state index is 13.1. The summed E-state index contributed by atoms with van der Waals surface area (Å²) in [5, 5.41) is 12.0. The lowest BCUT2D eigenvalue weighted by atomic mass is 10.1. The van der Waals surface area contributed by atoms with E-state index in [4.69, 9.17) is 28.5 Å². The lowest BCUT2D eigenvalue weighted by molar-refractivity contribution is -0.129. The fraction of sp³-hybridized carbons (Fsp3) is 0.304. The summed E-state index contributed by atoms with van der Waals surface area (Å²) in [4.78, 5) is 43.4. The molecule has 5 rings (SSSR count). The fourth-order valence-corrected chi connectivity index (χ4v) is 5.16. The number of benzene rings is 2. The highest BCUT2D eigenvalue weighted by atomic mass is 35.5. The number of carbonyl (C=O) groups is 3. The molecule has 1 aliphatic carbocycles. The first kappa shape index (κ1) is 21.6. The number of hydrogen-bond donors (Lipinski definition) is 1. The van der Waals surface area contributed by atoms with E-state index in [9.17, 15) is 14.4 Å². The molecule has 1 saturated carbocycles. The van der Waals surface area contributed by atoms with Crippen LogP contribution in [0, 0.1) is 11.3 Å². The molecule has 3 aliphatic rings. The van der Waals surface area contributed by atoms with Crippen LogP contribution in [0.3, 0.4) is 0 Å². The van der Waals surface area contributed by atoms with Crippen LogP contribution in [0.4, 0.5) is 15.3 Å². The number of nitrogens with zero attached hydrogens (tertiary/aromatic N) is 4. The highest BCUT2D eigenvalue weighted by molar-refractivity contribution is 6.40. The molecular formula is C23H19Cl2N5O3. The monoisotopic (exact) mass is 483 g/mol. The van der Waals surface area contributed by atoms with E-state index in [1.807, 2.05) is 36.4 Å². The molecule has 0 bridgehead atoms. The van der Waals surface area contributed by atoms with Gasteiger partial charge in [0.1, 0.15) is 6.04 Å². The second-order valence-electron chi connectivity index (χ2n) is 8.32. The van der Waals surface area contributed by atoms with E-state index >= 15 is 0 Å². The van der Waals surface area contributed by atoms with Gasteiger partial charge < -0.3 is 15.1 Å². The van der Waals surface area contributed by atoms with Crippen molar-refractivity contribution in [3.05, 3.63) is 63.6 Å². The topological polar surface area (TPSA) is 96.8 Å². The number of hydrogen-bond acceptors (Lipinski definition) is 4. The number of rotatable bonds is 3. The van der Waals surface area contributed by atoms with Crippen molar-refractivity contribution in [3.63, 3.8) is 0 Å². The van der Waals surface area contributed by atoms with Crippen molar-refractivity contribution in [2.45, 2.75) is 24.4 Å². The molecule has 2 heterocycles. The predicted octanol–water partition coefficient (Wildman–Crippen LogP) is 3.90. The Kier molecular flexibility index (Phi) is 5.39. The van der Waals surface area contributed by atoms with Gasteiger partial charge in [-0.15, -0.1) is 0 Å². The van der Waals surface area contributed by atoms with Crippen LogP contribution in [-0.4, -0.2) is 64.4 Å². The number of anilines is 1. The van der Waals surface area contributed by atoms with Crippen LogP contribution in [0.2, 0.25) is 10.0 Å². The molecule has 2 aromatic rings. The van der Waals surface area contributed by atoms with Crippen molar-refractivity contribution in [2.75, 3.05) is 25.0 Å². The first-order valence-electron chi connectivity index (χ1n) is 10.5. The van der Waals surface area contributed by atoms with Crippen LogP contribution in [0.15, 0.2) is 42.5 Å². The molecule has 33 heavy (non-hydrogen) atoms. The number of nitrogens with one attached hydrogen (secondary N) is 1. The molecule has 5 amide bonds. The summed E-state index contributed by atoms with van der Waals surface area (Å²) in [5.41, 5.74) is 1.59. The molecule has 2 saturated heterocycles. The number of nitriles is 1. The maximum Gasteiger partial charge on any atom is 0.327 e. The predicted molar refractivity (Wildman–Crippen MR) is 122 cm³/mol. The first-order valence-corrected chi connectivity index (χ1v) is 11.3. The molecule has 3 atom stereocenters. The fourth-order valence-electron chi connectivity index (χ4n) is 4.57. The van der Waals surface area contributed by atoms with E-state index in [-0.39, 0.29) is 64.8 Å². The number of urea groups is 2. The van der Waals surface area contributed by atoms with Crippen molar-refractivity contribution in [1.82, 2.24) is 14.7 Å². The molecule has 168 valence electrons. The van der Waals surface area contributed by atoms with Crippen LogP contribution in [0.5, 0.6) is 0 Å². The second-order valence-corrected chi connectivity index (χ2v) is 9.14. The first-order chi connectivity index (χ1) is 15.9. The van der Waals surface area contributed by atoms with Crippen molar-refractivity contribution < 1.29 is 14.4 Å². The highest BCUT2D eigenvalue weighted by Crippen LogP contribution is 2.47. The average Bonchev–Trinajstić information content (AvgIpc) is 3.57. The highest BCUT2D eigenvalue weighted by Gasteiger charge is 2.56. The lowest BCUT2D eigenvalue weighted by Crippen LogP contribution is -2.55. The lowest BCUT2D eigenvalue weighted by Gasteiger charge is -2.35. The Labute approximate surface area is 200 Å². The van der Waals surface area contributed by atoms with E-state index in [0.29, 0.717) is 0 Å². The Morgan fingerprint density at radius 2 is 1.79 bits per heavy atom. The maximum absolute atomic E-state index is 13.1. The minimum absolute atomic E-state index is 0.0845. The molecule has 0 spiro atoms. The summed E-state index contributed by atoms with van der Waals surface area (Å²) in [7, 11) is 0. The van der Waals surface area contributed by atoms with E-state index in [2.05, 4.69) is 5.32 Å². The smallest absolute Gasteiger partial charge is 0.320 e. The van der Waals surface area contributed by atoms with Crippen molar-refractivity contribution >= 4 is 46.9 Å². The zero-order valence-electron chi connectivity index (χ0n) is 17.4. The number of carbonyl (C=O) groups excluding carboxylic acids is 3. The van der Waals surface area contributed by atoms with Gasteiger partial charge >= 0.3 is 12.1 Å². The number of fused-ring (bicyclic) bond motifs is 1. The summed E-state index contributed by atoms with van der Waals surface area (Å²) in [6.45, 7) is 0.616. The van der Waals surface area contributed by atoms with Crippen LogP contribution in [0.1, 0.15) is 23.5 Å². The van der Waals surface area contributed by atoms with Gasteiger partial charge in [0.05, 0.1) is 33.9 Å². The molecule has 2 aromatic carbocycles.